The van der Waals surface area contributed by atoms with Gasteiger partial charge in [-0.3, -0.25) is 4.40 Å². The number of aryl methyl sites for hydroxylation is 2. The maximum atomic E-state index is 12.8. The van der Waals surface area contributed by atoms with Gasteiger partial charge in [0.25, 0.3) is 0 Å². The lowest BCUT2D eigenvalue weighted by atomic mass is 10.3. The van der Waals surface area contributed by atoms with E-state index in [4.69, 9.17) is 0 Å². The van der Waals surface area contributed by atoms with E-state index in [0.717, 1.165) is 23.3 Å². The minimum atomic E-state index is -4.68. The third-order valence-corrected chi connectivity index (χ3v) is 3.64. The predicted octanol–water partition coefficient (Wildman–Crippen LogP) is 2.82. The SMILES string of the molecule is COC(=O)c1c(C(F)(F)F)nc2sc(C)c(C)n12. The number of hydrogen-bond acceptors (Lipinski definition) is 4. The van der Waals surface area contributed by atoms with Crippen LogP contribution >= 0.6 is 11.3 Å². The minimum absolute atomic E-state index is 0.137. The first kappa shape index (κ1) is 12.9. The smallest absolute Gasteiger partial charge is 0.435 e. The number of halogens is 3. The maximum absolute atomic E-state index is 12.8. The first-order valence-electron chi connectivity index (χ1n) is 4.91. The Kier molecular flexibility index (Phi) is 2.84. The number of methoxy groups -OCH3 is 1. The fourth-order valence-electron chi connectivity index (χ4n) is 1.63. The molecule has 4 nitrogen and oxygen atoms in total. The lowest BCUT2D eigenvalue weighted by molar-refractivity contribution is -0.141. The molecule has 2 heterocycles. The van der Waals surface area contributed by atoms with Crippen molar-refractivity contribution >= 4 is 22.3 Å². The number of carbonyl (C=O) groups excluding carboxylic acids is 1. The number of esters is 1. The number of fused-ring (bicyclic) bond motifs is 1. The van der Waals surface area contributed by atoms with Crippen LogP contribution in [0.4, 0.5) is 13.2 Å². The van der Waals surface area contributed by atoms with Crippen molar-refractivity contribution in [2.24, 2.45) is 0 Å². The van der Waals surface area contributed by atoms with Crippen molar-refractivity contribution in [3.8, 4) is 0 Å². The Bertz CT molecular complexity index is 627. The fourth-order valence-corrected chi connectivity index (χ4v) is 2.60. The van der Waals surface area contributed by atoms with Gasteiger partial charge in [0.15, 0.2) is 16.3 Å². The summed E-state index contributed by atoms with van der Waals surface area (Å²) in [5.74, 6) is -1.05. The highest BCUT2D eigenvalue weighted by atomic mass is 32.1. The van der Waals surface area contributed by atoms with Gasteiger partial charge in [0.1, 0.15) is 0 Å². The molecule has 0 aliphatic heterocycles. The highest BCUT2D eigenvalue weighted by Gasteiger charge is 2.41. The molecule has 0 aliphatic rings. The average Bonchev–Trinajstić information content (AvgIpc) is 2.76. The molecule has 0 bridgehead atoms. The van der Waals surface area contributed by atoms with Crippen LogP contribution in [0.3, 0.4) is 0 Å². The molecule has 0 saturated heterocycles. The second-order valence-electron chi connectivity index (χ2n) is 3.66. The molecule has 0 saturated carbocycles. The number of hydrogen-bond donors (Lipinski definition) is 0. The van der Waals surface area contributed by atoms with Crippen LogP contribution in [0, 0.1) is 13.8 Å². The van der Waals surface area contributed by atoms with Gasteiger partial charge in [-0.1, -0.05) is 0 Å². The molecule has 0 amide bonds. The molecule has 2 aromatic heterocycles. The number of thiazole rings is 1. The largest absolute Gasteiger partial charge is 0.464 e. The van der Waals surface area contributed by atoms with E-state index < -0.39 is 23.5 Å². The topological polar surface area (TPSA) is 43.6 Å². The number of aromatic nitrogens is 2. The zero-order chi connectivity index (χ0) is 13.7. The Morgan fingerprint density at radius 3 is 2.50 bits per heavy atom. The molecule has 0 unspecified atom stereocenters. The first-order valence-corrected chi connectivity index (χ1v) is 5.73. The van der Waals surface area contributed by atoms with E-state index in [1.807, 2.05) is 0 Å². The number of ether oxygens (including phenoxy) is 1. The molecule has 0 aromatic carbocycles. The standard InChI is InChI=1S/C10H9F3N2O2S/c1-4-5(2)18-9-14-7(10(11,12)13)6(15(4)9)8(16)17-3/h1-3H3. The molecule has 2 aromatic rings. The number of alkyl halides is 3. The second-order valence-corrected chi connectivity index (χ2v) is 4.84. The highest BCUT2D eigenvalue weighted by molar-refractivity contribution is 7.17. The molecule has 0 aliphatic carbocycles. The molecule has 0 N–H and O–H groups in total. The molecule has 0 fully saturated rings. The van der Waals surface area contributed by atoms with Crippen LogP contribution < -0.4 is 0 Å². The van der Waals surface area contributed by atoms with E-state index in [1.165, 1.54) is 4.40 Å². The lowest BCUT2D eigenvalue weighted by Gasteiger charge is -2.06. The van der Waals surface area contributed by atoms with E-state index >= 15 is 0 Å². The van der Waals surface area contributed by atoms with E-state index in [0.29, 0.717) is 5.69 Å². The maximum Gasteiger partial charge on any atom is 0.435 e. The molecule has 0 radical (unpaired) electrons. The molecular weight excluding hydrogens is 269 g/mol. The zero-order valence-corrected chi connectivity index (χ0v) is 10.6. The van der Waals surface area contributed by atoms with Crippen LogP contribution in [0.15, 0.2) is 0 Å². The Morgan fingerprint density at radius 1 is 1.39 bits per heavy atom. The van der Waals surface area contributed by atoms with Crippen LogP contribution in [-0.2, 0) is 10.9 Å². The summed E-state index contributed by atoms with van der Waals surface area (Å²) in [7, 11) is 1.04. The number of rotatable bonds is 1. The van der Waals surface area contributed by atoms with Crippen molar-refractivity contribution in [3.05, 3.63) is 22.0 Å². The van der Waals surface area contributed by atoms with Crippen LogP contribution in [0.2, 0.25) is 0 Å². The van der Waals surface area contributed by atoms with Gasteiger partial charge in [-0.05, 0) is 13.8 Å². The summed E-state index contributed by atoms with van der Waals surface area (Å²) >= 11 is 1.10. The van der Waals surface area contributed by atoms with Crippen LogP contribution in [-0.4, -0.2) is 22.5 Å². The molecular formula is C10H9F3N2O2S. The summed E-state index contributed by atoms with van der Waals surface area (Å²) in [6, 6.07) is 0. The highest BCUT2D eigenvalue weighted by Crippen LogP contribution is 2.35. The van der Waals surface area contributed by atoms with Gasteiger partial charge >= 0.3 is 12.1 Å². The quantitative estimate of drug-likeness (QED) is 0.753. The molecule has 8 heteroatoms. The summed E-state index contributed by atoms with van der Waals surface area (Å²) in [6.07, 6.45) is -4.68. The zero-order valence-electron chi connectivity index (χ0n) is 9.75. The van der Waals surface area contributed by atoms with Crippen LogP contribution in [0.25, 0.3) is 4.96 Å². The summed E-state index contributed by atoms with van der Waals surface area (Å²) in [6.45, 7) is 3.39. The second kappa shape index (κ2) is 3.98. The molecule has 18 heavy (non-hydrogen) atoms. The van der Waals surface area contributed by atoms with Crippen LogP contribution in [0.1, 0.15) is 26.8 Å². The first-order chi connectivity index (χ1) is 8.27. The van der Waals surface area contributed by atoms with Gasteiger partial charge in [0.2, 0.25) is 0 Å². The third-order valence-electron chi connectivity index (χ3n) is 2.58. The molecule has 0 atom stereocenters. The van der Waals surface area contributed by atoms with Gasteiger partial charge in [0, 0.05) is 10.6 Å². The Balaban J connectivity index is 2.85. The summed E-state index contributed by atoms with van der Waals surface area (Å²) < 4.78 is 44.0. The lowest BCUT2D eigenvalue weighted by Crippen LogP contribution is -2.15. The minimum Gasteiger partial charge on any atom is -0.464 e. The summed E-state index contributed by atoms with van der Waals surface area (Å²) in [4.78, 5) is 16.0. The van der Waals surface area contributed by atoms with Gasteiger partial charge in [-0.15, -0.1) is 11.3 Å². The fraction of sp³-hybridized carbons (Fsp3) is 0.400. The molecule has 98 valence electrons. The van der Waals surface area contributed by atoms with Gasteiger partial charge in [0.05, 0.1) is 7.11 Å². The Morgan fingerprint density at radius 2 is 2.00 bits per heavy atom. The van der Waals surface area contributed by atoms with Gasteiger partial charge < -0.3 is 4.74 Å². The van der Waals surface area contributed by atoms with Crippen molar-refractivity contribution in [1.29, 1.82) is 0 Å². The van der Waals surface area contributed by atoms with Gasteiger partial charge in [-0.25, -0.2) is 9.78 Å². The van der Waals surface area contributed by atoms with E-state index in [1.54, 1.807) is 13.8 Å². The number of imidazole rings is 1. The van der Waals surface area contributed by atoms with E-state index in [-0.39, 0.29) is 4.96 Å². The van der Waals surface area contributed by atoms with Crippen molar-refractivity contribution in [3.63, 3.8) is 0 Å². The normalized spacial score (nSPS) is 12.1. The van der Waals surface area contributed by atoms with Crippen molar-refractivity contribution in [2.45, 2.75) is 20.0 Å². The van der Waals surface area contributed by atoms with Crippen LogP contribution in [0.5, 0.6) is 0 Å². The van der Waals surface area contributed by atoms with Crippen molar-refractivity contribution in [1.82, 2.24) is 9.38 Å². The van der Waals surface area contributed by atoms with Gasteiger partial charge in [-0.2, -0.15) is 13.2 Å². The number of carbonyl (C=O) groups is 1. The van der Waals surface area contributed by atoms with Crippen molar-refractivity contribution < 1.29 is 22.7 Å². The average molecular weight is 278 g/mol. The van der Waals surface area contributed by atoms with Crippen molar-refractivity contribution in [2.75, 3.05) is 7.11 Å². The Labute approximate surface area is 104 Å². The third kappa shape index (κ3) is 1.76. The molecule has 0 spiro atoms. The predicted molar refractivity (Wildman–Crippen MR) is 58.9 cm³/mol. The summed E-state index contributed by atoms with van der Waals surface area (Å²) in [5.41, 5.74) is -1.22. The van der Waals surface area contributed by atoms with E-state index in [2.05, 4.69) is 9.72 Å². The summed E-state index contributed by atoms with van der Waals surface area (Å²) in [5, 5.41) is 0. The monoisotopic (exact) mass is 278 g/mol. The number of nitrogens with zero attached hydrogens (tertiary/aromatic N) is 2. The van der Waals surface area contributed by atoms with E-state index in [9.17, 15) is 18.0 Å². The molecule has 2 rings (SSSR count). The Hall–Kier alpha value is -1.57.